The number of rotatable bonds is 3. The van der Waals surface area contributed by atoms with Gasteiger partial charge in [-0.05, 0) is 30.9 Å². The summed E-state index contributed by atoms with van der Waals surface area (Å²) in [6, 6.07) is 8.01. The minimum absolute atomic E-state index is 0.00350. The van der Waals surface area contributed by atoms with E-state index in [0.717, 1.165) is 55.1 Å². The molecule has 1 aliphatic heterocycles. The van der Waals surface area contributed by atoms with Gasteiger partial charge in [0.25, 0.3) is 5.91 Å². The Labute approximate surface area is 153 Å². The van der Waals surface area contributed by atoms with Crippen LogP contribution in [0.15, 0.2) is 28.8 Å². The van der Waals surface area contributed by atoms with Gasteiger partial charge in [-0.3, -0.25) is 4.79 Å². The van der Waals surface area contributed by atoms with E-state index < -0.39 is 0 Å². The fraction of sp³-hybridized carbons (Fsp3) is 0.500. The molecule has 138 valence electrons. The molecule has 0 N–H and O–H groups in total. The number of carbonyl (C=O) groups is 1. The number of anilines is 1. The van der Waals surface area contributed by atoms with Crippen LogP contribution in [-0.4, -0.2) is 49.3 Å². The number of hydrogen-bond acceptors (Lipinski definition) is 5. The molecule has 1 aromatic carbocycles. The maximum absolute atomic E-state index is 13.0. The lowest BCUT2D eigenvalue weighted by Gasteiger charge is -2.36. The second-order valence-electron chi connectivity index (χ2n) is 7.23. The van der Waals surface area contributed by atoms with Gasteiger partial charge in [0.15, 0.2) is 5.69 Å². The third kappa shape index (κ3) is 3.04. The summed E-state index contributed by atoms with van der Waals surface area (Å²) >= 11 is 0. The molecule has 1 aromatic heterocycles. The molecular weight excluding hydrogens is 330 g/mol. The van der Waals surface area contributed by atoms with Crippen LogP contribution in [0.2, 0.25) is 0 Å². The number of hydrogen-bond donors (Lipinski definition) is 0. The van der Waals surface area contributed by atoms with E-state index in [9.17, 15) is 4.79 Å². The average Bonchev–Trinajstić information content (AvgIpc) is 3.10. The second-order valence-corrected chi connectivity index (χ2v) is 7.23. The number of benzene rings is 1. The third-order valence-corrected chi connectivity index (χ3v) is 5.48. The first-order valence-electron chi connectivity index (χ1n) is 9.32. The number of aryl methyl sites for hydroxylation is 1. The number of methoxy groups -OCH3 is 1. The first-order valence-corrected chi connectivity index (χ1v) is 9.32. The zero-order valence-electron chi connectivity index (χ0n) is 15.4. The zero-order valence-corrected chi connectivity index (χ0v) is 15.4. The minimum atomic E-state index is 0.00350. The molecule has 26 heavy (non-hydrogen) atoms. The van der Waals surface area contributed by atoms with Crippen LogP contribution in [0, 0.1) is 5.92 Å². The number of amides is 1. The van der Waals surface area contributed by atoms with Gasteiger partial charge >= 0.3 is 0 Å². The van der Waals surface area contributed by atoms with Gasteiger partial charge in [0.1, 0.15) is 11.5 Å². The molecule has 2 aromatic rings. The summed E-state index contributed by atoms with van der Waals surface area (Å²) in [5, 5.41) is 4.11. The Kier molecular flexibility index (Phi) is 4.57. The molecule has 1 amide bonds. The fourth-order valence-corrected chi connectivity index (χ4v) is 3.94. The number of nitrogens with zero attached hydrogens (tertiary/aromatic N) is 3. The van der Waals surface area contributed by atoms with E-state index in [4.69, 9.17) is 9.26 Å². The van der Waals surface area contributed by atoms with Gasteiger partial charge in [-0.1, -0.05) is 24.2 Å². The topological polar surface area (TPSA) is 58.8 Å². The maximum atomic E-state index is 13.0. The maximum Gasteiger partial charge on any atom is 0.276 e. The highest BCUT2D eigenvalue weighted by atomic mass is 16.5. The Hall–Kier alpha value is -2.50. The highest BCUT2D eigenvalue weighted by molar-refractivity contribution is 5.94. The molecule has 1 fully saturated rings. The highest BCUT2D eigenvalue weighted by Gasteiger charge is 2.31. The fourth-order valence-electron chi connectivity index (χ4n) is 3.94. The largest absolute Gasteiger partial charge is 0.495 e. The first-order chi connectivity index (χ1) is 12.7. The summed E-state index contributed by atoms with van der Waals surface area (Å²) < 4.78 is 10.9. The van der Waals surface area contributed by atoms with E-state index >= 15 is 0 Å². The molecule has 1 atom stereocenters. The quantitative estimate of drug-likeness (QED) is 0.847. The molecule has 0 saturated carbocycles. The molecule has 6 nitrogen and oxygen atoms in total. The minimum Gasteiger partial charge on any atom is -0.495 e. The first kappa shape index (κ1) is 16.9. The van der Waals surface area contributed by atoms with Crippen molar-refractivity contribution in [1.29, 1.82) is 0 Å². The van der Waals surface area contributed by atoms with E-state index in [1.54, 1.807) is 7.11 Å². The lowest BCUT2D eigenvalue weighted by molar-refractivity contribution is 0.0735. The standard InChI is InChI=1S/C20H25N3O3/c1-14-7-8-17-15(13-14)19(21-26-17)20(24)23-11-9-22(10-12-23)16-5-3-4-6-18(16)25-2/h3-6,14H,7-13H2,1-2H3. The molecule has 0 spiro atoms. The lowest BCUT2D eigenvalue weighted by Crippen LogP contribution is -2.49. The number of para-hydroxylation sites is 2. The van der Waals surface area contributed by atoms with Crippen molar-refractivity contribution in [3.05, 3.63) is 41.3 Å². The van der Waals surface area contributed by atoms with Crippen LogP contribution in [0.1, 0.15) is 35.2 Å². The van der Waals surface area contributed by atoms with Crippen molar-refractivity contribution in [2.45, 2.75) is 26.2 Å². The van der Waals surface area contributed by atoms with Gasteiger partial charge in [-0.15, -0.1) is 0 Å². The lowest BCUT2D eigenvalue weighted by atomic mass is 9.88. The van der Waals surface area contributed by atoms with E-state index in [2.05, 4.69) is 23.0 Å². The molecule has 0 radical (unpaired) electrons. The molecule has 2 heterocycles. The summed E-state index contributed by atoms with van der Waals surface area (Å²) in [6.07, 6.45) is 2.88. The highest BCUT2D eigenvalue weighted by Crippen LogP contribution is 2.30. The monoisotopic (exact) mass is 355 g/mol. The van der Waals surface area contributed by atoms with Crippen molar-refractivity contribution >= 4 is 11.6 Å². The van der Waals surface area contributed by atoms with Crippen molar-refractivity contribution in [3.63, 3.8) is 0 Å². The third-order valence-electron chi connectivity index (χ3n) is 5.48. The number of ether oxygens (including phenoxy) is 1. The van der Waals surface area contributed by atoms with Crippen molar-refractivity contribution in [2.24, 2.45) is 5.92 Å². The molecule has 0 bridgehead atoms. The molecule has 4 rings (SSSR count). The number of piperazine rings is 1. The predicted molar refractivity (Wildman–Crippen MR) is 98.8 cm³/mol. The van der Waals surface area contributed by atoms with Gasteiger partial charge in [0.05, 0.1) is 12.8 Å². The summed E-state index contributed by atoms with van der Waals surface area (Å²) in [7, 11) is 1.69. The number of carbonyl (C=O) groups excluding carboxylic acids is 1. The Morgan fingerprint density at radius 2 is 2.00 bits per heavy atom. The van der Waals surface area contributed by atoms with Crippen LogP contribution in [0.25, 0.3) is 0 Å². The van der Waals surface area contributed by atoms with Gasteiger partial charge < -0.3 is 19.1 Å². The molecule has 1 aliphatic carbocycles. The Morgan fingerprint density at radius 1 is 1.23 bits per heavy atom. The van der Waals surface area contributed by atoms with Crippen LogP contribution in [0.3, 0.4) is 0 Å². The van der Waals surface area contributed by atoms with Crippen molar-refractivity contribution in [1.82, 2.24) is 10.1 Å². The van der Waals surface area contributed by atoms with Crippen LogP contribution in [-0.2, 0) is 12.8 Å². The van der Waals surface area contributed by atoms with Gasteiger partial charge in [-0.2, -0.15) is 0 Å². The van der Waals surface area contributed by atoms with Crippen LogP contribution >= 0.6 is 0 Å². The smallest absolute Gasteiger partial charge is 0.276 e. The second kappa shape index (κ2) is 7.02. The van der Waals surface area contributed by atoms with E-state index in [1.165, 1.54) is 0 Å². The van der Waals surface area contributed by atoms with E-state index in [-0.39, 0.29) is 5.91 Å². The SMILES string of the molecule is COc1ccccc1N1CCN(C(=O)c2noc3c2CC(C)CC3)CC1. The van der Waals surface area contributed by atoms with Crippen LogP contribution in [0.4, 0.5) is 5.69 Å². The predicted octanol–water partition coefficient (Wildman–Crippen LogP) is 2.77. The Bertz CT molecular complexity index is 793. The Balaban J connectivity index is 1.45. The molecular formula is C20H25N3O3. The average molecular weight is 355 g/mol. The zero-order chi connectivity index (χ0) is 18.1. The van der Waals surface area contributed by atoms with Gasteiger partial charge in [-0.25, -0.2) is 0 Å². The molecule has 6 heteroatoms. The normalized spacial score (nSPS) is 20.0. The number of aromatic nitrogens is 1. The molecule has 1 unspecified atom stereocenters. The summed E-state index contributed by atoms with van der Waals surface area (Å²) in [5.41, 5.74) is 2.63. The number of fused-ring (bicyclic) bond motifs is 1. The van der Waals surface area contributed by atoms with Crippen LogP contribution in [0.5, 0.6) is 5.75 Å². The van der Waals surface area contributed by atoms with Crippen molar-refractivity contribution in [2.75, 3.05) is 38.2 Å². The Morgan fingerprint density at radius 3 is 2.77 bits per heavy atom. The molecule has 2 aliphatic rings. The van der Waals surface area contributed by atoms with Gasteiger partial charge in [0, 0.05) is 38.2 Å². The van der Waals surface area contributed by atoms with E-state index in [0.29, 0.717) is 24.7 Å². The van der Waals surface area contributed by atoms with Gasteiger partial charge in [0.2, 0.25) is 0 Å². The van der Waals surface area contributed by atoms with Crippen molar-refractivity contribution < 1.29 is 14.1 Å². The van der Waals surface area contributed by atoms with Crippen molar-refractivity contribution in [3.8, 4) is 5.75 Å². The van der Waals surface area contributed by atoms with Crippen LogP contribution < -0.4 is 9.64 Å². The summed E-state index contributed by atoms with van der Waals surface area (Å²) in [6.45, 7) is 5.13. The van der Waals surface area contributed by atoms with E-state index in [1.807, 2.05) is 23.1 Å². The molecule has 1 saturated heterocycles. The summed E-state index contributed by atoms with van der Waals surface area (Å²) in [5.74, 6) is 2.35. The summed E-state index contributed by atoms with van der Waals surface area (Å²) in [4.78, 5) is 17.1.